The third-order valence-corrected chi connectivity index (χ3v) is 3.07. The summed E-state index contributed by atoms with van der Waals surface area (Å²) in [4.78, 5) is 24.2. The van der Waals surface area contributed by atoms with Crippen molar-refractivity contribution in [2.24, 2.45) is 0 Å². The van der Waals surface area contributed by atoms with Gasteiger partial charge in [-0.25, -0.2) is 0 Å². The predicted molar refractivity (Wildman–Crippen MR) is 66.5 cm³/mol. The zero-order valence-electron chi connectivity index (χ0n) is 10.1. The lowest BCUT2D eigenvalue weighted by atomic mass is 10.1. The Bertz CT molecular complexity index is 475. The minimum atomic E-state index is -0.488. The minimum Gasteiger partial charge on any atom is -0.333 e. The summed E-state index contributed by atoms with van der Waals surface area (Å²) in [6.45, 7) is 4.09. The lowest BCUT2D eigenvalue weighted by molar-refractivity contribution is -0.384. The maximum atomic E-state index is 12.3. The van der Waals surface area contributed by atoms with Crippen molar-refractivity contribution in [3.63, 3.8) is 0 Å². The molecule has 6 nitrogen and oxygen atoms in total. The highest BCUT2D eigenvalue weighted by atomic mass is 16.6. The SMILES string of the molecule is CC1CNCCN1C(=O)c1cccc([N+](=O)[O-])c1. The van der Waals surface area contributed by atoms with E-state index in [2.05, 4.69) is 5.32 Å². The minimum absolute atomic E-state index is 0.0522. The topological polar surface area (TPSA) is 75.5 Å². The van der Waals surface area contributed by atoms with Crippen LogP contribution in [0.2, 0.25) is 0 Å². The number of amides is 1. The molecular weight excluding hydrogens is 234 g/mol. The number of rotatable bonds is 2. The summed E-state index contributed by atoms with van der Waals surface area (Å²) < 4.78 is 0. The second kappa shape index (κ2) is 5.14. The van der Waals surface area contributed by atoms with E-state index >= 15 is 0 Å². The molecule has 1 unspecified atom stereocenters. The first-order chi connectivity index (χ1) is 8.59. The van der Waals surface area contributed by atoms with Crippen molar-refractivity contribution in [3.8, 4) is 0 Å². The Kier molecular flexibility index (Phi) is 3.57. The number of nitro groups is 1. The molecule has 1 fully saturated rings. The van der Waals surface area contributed by atoms with Gasteiger partial charge in [-0.2, -0.15) is 0 Å². The van der Waals surface area contributed by atoms with Crippen LogP contribution in [0, 0.1) is 10.1 Å². The number of piperazine rings is 1. The van der Waals surface area contributed by atoms with Crippen LogP contribution in [0.15, 0.2) is 24.3 Å². The summed E-state index contributed by atoms with van der Waals surface area (Å²) in [6.07, 6.45) is 0. The maximum Gasteiger partial charge on any atom is 0.270 e. The molecule has 1 saturated heterocycles. The molecule has 0 saturated carbocycles. The van der Waals surface area contributed by atoms with Crippen molar-refractivity contribution in [1.82, 2.24) is 10.2 Å². The van der Waals surface area contributed by atoms with Gasteiger partial charge in [0.05, 0.1) is 4.92 Å². The number of carbonyl (C=O) groups excluding carboxylic acids is 1. The highest BCUT2D eigenvalue weighted by Gasteiger charge is 2.24. The first-order valence-corrected chi connectivity index (χ1v) is 5.85. The summed E-state index contributed by atoms with van der Waals surface area (Å²) in [5.74, 6) is -0.146. The summed E-state index contributed by atoms with van der Waals surface area (Å²) in [5.41, 5.74) is 0.321. The van der Waals surface area contributed by atoms with Gasteiger partial charge in [-0.3, -0.25) is 14.9 Å². The fourth-order valence-corrected chi connectivity index (χ4v) is 2.06. The van der Waals surface area contributed by atoms with E-state index in [1.54, 1.807) is 11.0 Å². The molecule has 1 N–H and O–H groups in total. The molecular formula is C12H15N3O3. The van der Waals surface area contributed by atoms with E-state index in [0.717, 1.165) is 13.1 Å². The Morgan fingerprint density at radius 2 is 2.33 bits per heavy atom. The van der Waals surface area contributed by atoms with E-state index in [-0.39, 0.29) is 17.6 Å². The van der Waals surface area contributed by atoms with Gasteiger partial charge in [0.15, 0.2) is 0 Å². The van der Waals surface area contributed by atoms with Crippen LogP contribution in [0.1, 0.15) is 17.3 Å². The van der Waals surface area contributed by atoms with Crippen LogP contribution in [0.3, 0.4) is 0 Å². The van der Waals surface area contributed by atoms with Crippen LogP contribution in [0.4, 0.5) is 5.69 Å². The molecule has 0 aliphatic carbocycles. The Balaban J connectivity index is 2.22. The third kappa shape index (κ3) is 2.48. The monoisotopic (exact) mass is 249 g/mol. The molecule has 96 valence electrons. The van der Waals surface area contributed by atoms with Gasteiger partial charge in [0, 0.05) is 43.4 Å². The molecule has 1 amide bonds. The van der Waals surface area contributed by atoms with Gasteiger partial charge in [0.25, 0.3) is 11.6 Å². The number of nitrogens with zero attached hydrogens (tertiary/aromatic N) is 2. The molecule has 1 atom stereocenters. The average molecular weight is 249 g/mol. The van der Waals surface area contributed by atoms with E-state index < -0.39 is 4.92 Å². The lowest BCUT2D eigenvalue weighted by Crippen LogP contribution is -2.52. The average Bonchev–Trinajstić information content (AvgIpc) is 2.38. The second-order valence-corrected chi connectivity index (χ2v) is 4.36. The van der Waals surface area contributed by atoms with Crippen molar-refractivity contribution >= 4 is 11.6 Å². The molecule has 6 heteroatoms. The lowest BCUT2D eigenvalue weighted by Gasteiger charge is -2.34. The number of benzene rings is 1. The number of hydrogen-bond acceptors (Lipinski definition) is 4. The van der Waals surface area contributed by atoms with Crippen molar-refractivity contribution in [2.75, 3.05) is 19.6 Å². The largest absolute Gasteiger partial charge is 0.333 e. The first kappa shape index (κ1) is 12.5. The van der Waals surface area contributed by atoms with Gasteiger partial charge in [0.2, 0.25) is 0 Å². The number of hydrogen-bond donors (Lipinski definition) is 1. The highest BCUT2D eigenvalue weighted by Crippen LogP contribution is 2.16. The molecule has 1 aromatic rings. The van der Waals surface area contributed by atoms with Crippen molar-refractivity contribution in [3.05, 3.63) is 39.9 Å². The Morgan fingerprint density at radius 1 is 1.56 bits per heavy atom. The fourth-order valence-electron chi connectivity index (χ4n) is 2.06. The van der Waals surface area contributed by atoms with E-state index in [9.17, 15) is 14.9 Å². The van der Waals surface area contributed by atoms with Gasteiger partial charge < -0.3 is 10.2 Å². The van der Waals surface area contributed by atoms with Crippen LogP contribution in [-0.2, 0) is 0 Å². The zero-order valence-corrected chi connectivity index (χ0v) is 10.1. The molecule has 2 rings (SSSR count). The molecule has 1 heterocycles. The smallest absolute Gasteiger partial charge is 0.270 e. The van der Waals surface area contributed by atoms with Gasteiger partial charge >= 0.3 is 0 Å². The molecule has 0 bridgehead atoms. The van der Waals surface area contributed by atoms with Gasteiger partial charge in [0.1, 0.15) is 0 Å². The standard InChI is InChI=1S/C12H15N3O3/c1-9-8-13-5-6-14(9)12(16)10-3-2-4-11(7-10)15(17)18/h2-4,7,9,13H,5-6,8H2,1H3. The summed E-state index contributed by atoms with van der Waals surface area (Å²) in [6, 6.07) is 5.97. The molecule has 18 heavy (non-hydrogen) atoms. The fraction of sp³-hybridized carbons (Fsp3) is 0.417. The van der Waals surface area contributed by atoms with Crippen molar-refractivity contribution in [1.29, 1.82) is 0 Å². The molecule has 0 aromatic heterocycles. The van der Waals surface area contributed by atoms with Gasteiger partial charge in [-0.15, -0.1) is 0 Å². The Labute approximate surface area is 105 Å². The van der Waals surface area contributed by atoms with Crippen LogP contribution >= 0.6 is 0 Å². The van der Waals surface area contributed by atoms with Crippen molar-refractivity contribution < 1.29 is 9.72 Å². The number of non-ortho nitro benzene ring substituents is 1. The summed E-state index contributed by atoms with van der Waals surface area (Å²) in [5, 5.41) is 13.9. The molecule has 1 aromatic carbocycles. The van der Waals surface area contributed by atoms with Crippen LogP contribution in [0.25, 0.3) is 0 Å². The van der Waals surface area contributed by atoms with Crippen LogP contribution in [0.5, 0.6) is 0 Å². The number of nitro benzene ring substituents is 1. The third-order valence-electron chi connectivity index (χ3n) is 3.07. The van der Waals surface area contributed by atoms with Gasteiger partial charge in [-0.1, -0.05) is 6.07 Å². The number of carbonyl (C=O) groups is 1. The number of nitrogens with one attached hydrogen (secondary N) is 1. The zero-order chi connectivity index (χ0) is 13.1. The van der Waals surface area contributed by atoms with Crippen LogP contribution < -0.4 is 5.32 Å². The van der Waals surface area contributed by atoms with Crippen LogP contribution in [-0.4, -0.2) is 41.4 Å². The van der Waals surface area contributed by atoms with E-state index in [4.69, 9.17) is 0 Å². The van der Waals surface area contributed by atoms with Gasteiger partial charge in [-0.05, 0) is 13.0 Å². The summed E-state index contributed by atoms with van der Waals surface area (Å²) >= 11 is 0. The Morgan fingerprint density at radius 3 is 3.00 bits per heavy atom. The highest BCUT2D eigenvalue weighted by molar-refractivity contribution is 5.95. The normalized spacial score (nSPS) is 19.6. The second-order valence-electron chi connectivity index (χ2n) is 4.36. The quantitative estimate of drug-likeness (QED) is 0.627. The Hall–Kier alpha value is -1.95. The van der Waals surface area contributed by atoms with E-state index in [1.807, 2.05) is 6.92 Å². The van der Waals surface area contributed by atoms with E-state index in [1.165, 1.54) is 18.2 Å². The predicted octanol–water partition coefficient (Wildman–Crippen LogP) is 1.03. The maximum absolute atomic E-state index is 12.3. The first-order valence-electron chi connectivity index (χ1n) is 5.85. The molecule has 1 aliphatic heterocycles. The van der Waals surface area contributed by atoms with E-state index in [0.29, 0.717) is 12.1 Å². The summed E-state index contributed by atoms with van der Waals surface area (Å²) in [7, 11) is 0. The van der Waals surface area contributed by atoms with Crippen molar-refractivity contribution in [2.45, 2.75) is 13.0 Å². The molecule has 1 aliphatic rings. The molecule has 0 spiro atoms. The molecule has 0 radical (unpaired) electrons.